The normalized spacial score (nSPS) is 28.4. The summed E-state index contributed by atoms with van der Waals surface area (Å²) in [5.74, 6) is 0.975. The molecule has 2 N–H and O–H groups in total. The molecular weight excluding hydrogens is 360 g/mol. The first-order valence-corrected chi connectivity index (χ1v) is 10.2. The maximum absolute atomic E-state index is 12.6. The number of imide groups is 1. The first kappa shape index (κ1) is 20.8. The molecule has 156 valence electrons. The molecule has 0 radical (unpaired) electrons. The van der Waals surface area contributed by atoms with Gasteiger partial charge < -0.3 is 20.1 Å². The third-order valence-corrected chi connectivity index (χ3v) is 5.85. The molecule has 1 saturated carbocycles. The largest absolute Gasteiger partial charge is 0.382 e. The monoisotopic (exact) mass is 392 g/mol. The number of fused-ring (bicyclic) bond motifs is 5. The van der Waals surface area contributed by atoms with Crippen molar-refractivity contribution >= 4 is 17.8 Å². The predicted molar refractivity (Wildman–Crippen MR) is 106 cm³/mol. The van der Waals surface area contributed by atoms with E-state index in [1.165, 1.54) is 4.90 Å². The Morgan fingerprint density at radius 2 is 1.75 bits per heavy atom. The Morgan fingerprint density at radius 3 is 2.39 bits per heavy atom. The van der Waals surface area contributed by atoms with Crippen LogP contribution in [0.5, 0.6) is 0 Å². The zero-order valence-corrected chi connectivity index (χ0v) is 16.9. The molecule has 1 aliphatic heterocycles. The number of hydrogen-bond donors (Lipinski definition) is 2. The molecular formula is C20H32N4O4. The number of unbranched alkanes of at least 4 members (excludes halogenated alkanes) is 1. The second kappa shape index (κ2) is 10.0. The van der Waals surface area contributed by atoms with Crippen LogP contribution in [0.3, 0.4) is 0 Å². The molecule has 2 amide bonds. The maximum atomic E-state index is 12.6. The van der Waals surface area contributed by atoms with Gasteiger partial charge in [0.2, 0.25) is 11.8 Å². The Morgan fingerprint density at radius 1 is 1.07 bits per heavy atom. The molecule has 3 rings (SSSR count). The van der Waals surface area contributed by atoms with E-state index in [1.54, 1.807) is 14.2 Å². The van der Waals surface area contributed by atoms with Crippen molar-refractivity contribution in [3.05, 3.63) is 12.2 Å². The zero-order chi connectivity index (χ0) is 19.9. The topological polar surface area (TPSA) is 92.3 Å². The number of allylic oxidation sites excluding steroid dienone is 2. The van der Waals surface area contributed by atoms with Crippen molar-refractivity contribution in [1.29, 1.82) is 0 Å². The first-order valence-electron chi connectivity index (χ1n) is 10.2. The van der Waals surface area contributed by atoms with Crippen LogP contribution in [0.1, 0.15) is 19.3 Å². The number of likely N-dealkylation sites (tertiary alicyclic amines) is 1. The van der Waals surface area contributed by atoms with Crippen molar-refractivity contribution < 1.29 is 19.1 Å². The van der Waals surface area contributed by atoms with E-state index >= 15 is 0 Å². The van der Waals surface area contributed by atoms with Crippen LogP contribution in [-0.4, -0.2) is 76.3 Å². The second-order valence-electron chi connectivity index (χ2n) is 7.57. The molecule has 0 aromatic rings. The second-order valence-corrected chi connectivity index (χ2v) is 7.57. The molecule has 4 atom stereocenters. The van der Waals surface area contributed by atoms with Crippen LogP contribution in [0.4, 0.5) is 0 Å². The highest BCUT2D eigenvalue weighted by Crippen LogP contribution is 2.52. The van der Waals surface area contributed by atoms with Gasteiger partial charge in [0.25, 0.3) is 0 Å². The molecule has 2 bridgehead atoms. The Kier molecular flexibility index (Phi) is 7.44. The number of amides is 2. The molecule has 0 aromatic carbocycles. The Hall–Kier alpha value is -1.93. The number of carbonyl (C=O) groups excluding carboxylic acids is 2. The lowest BCUT2D eigenvalue weighted by Gasteiger charge is -2.18. The molecule has 2 fully saturated rings. The Bertz CT molecular complexity index is 591. The van der Waals surface area contributed by atoms with E-state index in [4.69, 9.17) is 9.47 Å². The van der Waals surface area contributed by atoms with E-state index in [0.717, 1.165) is 32.4 Å². The summed E-state index contributed by atoms with van der Waals surface area (Å²) in [7, 11) is 3.37. The third kappa shape index (κ3) is 4.55. The van der Waals surface area contributed by atoms with Gasteiger partial charge in [-0.05, 0) is 31.1 Å². The van der Waals surface area contributed by atoms with Crippen molar-refractivity contribution in [2.24, 2.45) is 28.7 Å². The van der Waals surface area contributed by atoms with Gasteiger partial charge in [-0.1, -0.05) is 12.2 Å². The van der Waals surface area contributed by atoms with Crippen LogP contribution in [0, 0.1) is 23.7 Å². The molecule has 0 spiro atoms. The van der Waals surface area contributed by atoms with E-state index in [2.05, 4.69) is 27.8 Å². The van der Waals surface area contributed by atoms with E-state index < -0.39 is 0 Å². The Labute approximate surface area is 166 Å². The lowest BCUT2D eigenvalue weighted by atomic mass is 9.85. The van der Waals surface area contributed by atoms with Crippen molar-refractivity contribution in [3.8, 4) is 0 Å². The summed E-state index contributed by atoms with van der Waals surface area (Å²) < 4.78 is 10.4. The summed E-state index contributed by atoms with van der Waals surface area (Å²) in [6.07, 6.45) is 7.13. The number of nitrogens with zero attached hydrogens (tertiary/aromatic N) is 2. The summed E-state index contributed by atoms with van der Waals surface area (Å²) in [6, 6.07) is 0. The standard InChI is InChI=1S/C20H32N4O4/c1-21-20(22-7-3-4-10-28-12-11-27-2)23-8-9-24-18(25)16-14-5-6-15(13-14)17(16)19(24)26/h5-6,14-17H,3-4,7-13H2,1-2H3,(H2,21,22,23). The minimum atomic E-state index is -0.119. The third-order valence-electron chi connectivity index (χ3n) is 5.85. The number of ether oxygens (including phenoxy) is 2. The number of hydrogen-bond acceptors (Lipinski definition) is 5. The van der Waals surface area contributed by atoms with Gasteiger partial charge in [0.1, 0.15) is 0 Å². The van der Waals surface area contributed by atoms with Gasteiger partial charge in [0.15, 0.2) is 5.96 Å². The average Bonchev–Trinajstić information content (AvgIpc) is 3.38. The summed E-state index contributed by atoms with van der Waals surface area (Å²) in [6.45, 7) is 3.64. The Balaban J connectivity index is 1.31. The average molecular weight is 393 g/mol. The van der Waals surface area contributed by atoms with Gasteiger partial charge >= 0.3 is 0 Å². The van der Waals surface area contributed by atoms with E-state index in [9.17, 15) is 9.59 Å². The molecule has 1 saturated heterocycles. The minimum Gasteiger partial charge on any atom is -0.382 e. The van der Waals surface area contributed by atoms with Crippen LogP contribution in [0.25, 0.3) is 0 Å². The van der Waals surface area contributed by atoms with Gasteiger partial charge in [-0.2, -0.15) is 0 Å². The summed E-state index contributed by atoms with van der Waals surface area (Å²) in [4.78, 5) is 30.9. The fourth-order valence-corrected chi connectivity index (χ4v) is 4.47. The van der Waals surface area contributed by atoms with Crippen LogP contribution in [0.15, 0.2) is 17.1 Å². The van der Waals surface area contributed by atoms with Gasteiger partial charge in [-0.15, -0.1) is 0 Å². The quantitative estimate of drug-likeness (QED) is 0.174. The van der Waals surface area contributed by atoms with Crippen molar-refractivity contribution in [1.82, 2.24) is 15.5 Å². The lowest BCUT2D eigenvalue weighted by Crippen LogP contribution is -2.43. The minimum absolute atomic E-state index is 0.00469. The molecule has 8 heteroatoms. The lowest BCUT2D eigenvalue weighted by molar-refractivity contribution is -0.140. The number of rotatable bonds is 11. The van der Waals surface area contributed by atoms with E-state index in [-0.39, 0.29) is 35.5 Å². The maximum Gasteiger partial charge on any atom is 0.233 e. The van der Waals surface area contributed by atoms with Crippen molar-refractivity contribution in [3.63, 3.8) is 0 Å². The number of nitrogens with one attached hydrogen (secondary N) is 2. The highest BCUT2D eigenvalue weighted by atomic mass is 16.5. The van der Waals surface area contributed by atoms with Gasteiger partial charge in [-0.3, -0.25) is 19.5 Å². The molecule has 8 nitrogen and oxygen atoms in total. The molecule has 2 aliphatic carbocycles. The van der Waals surface area contributed by atoms with Gasteiger partial charge in [-0.25, -0.2) is 0 Å². The summed E-state index contributed by atoms with van der Waals surface area (Å²) >= 11 is 0. The summed E-state index contributed by atoms with van der Waals surface area (Å²) in [5, 5.41) is 6.43. The number of carbonyl (C=O) groups is 2. The predicted octanol–water partition coefficient (Wildman–Crippen LogP) is 0.402. The SMILES string of the molecule is CN=C(NCCCCOCCOC)NCCN1C(=O)C2C3C=CC(C3)C2C1=O. The molecule has 28 heavy (non-hydrogen) atoms. The van der Waals surface area contributed by atoms with Crippen molar-refractivity contribution in [2.75, 3.05) is 53.6 Å². The smallest absolute Gasteiger partial charge is 0.233 e. The fraction of sp³-hybridized carbons (Fsp3) is 0.750. The number of guanidine groups is 1. The highest BCUT2D eigenvalue weighted by molar-refractivity contribution is 6.06. The van der Waals surface area contributed by atoms with E-state index in [0.29, 0.717) is 32.3 Å². The van der Waals surface area contributed by atoms with Gasteiger partial charge in [0, 0.05) is 40.4 Å². The zero-order valence-electron chi connectivity index (χ0n) is 16.9. The van der Waals surface area contributed by atoms with Gasteiger partial charge in [0.05, 0.1) is 25.0 Å². The summed E-state index contributed by atoms with van der Waals surface area (Å²) in [5.41, 5.74) is 0. The van der Waals surface area contributed by atoms with E-state index in [1.807, 2.05) is 0 Å². The molecule has 3 aliphatic rings. The molecule has 1 heterocycles. The number of aliphatic imine (C=N–C) groups is 1. The van der Waals surface area contributed by atoms with Crippen LogP contribution < -0.4 is 10.6 Å². The fourth-order valence-electron chi connectivity index (χ4n) is 4.47. The van der Waals surface area contributed by atoms with Crippen molar-refractivity contribution in [2.45, 2.75) is 19.3 Å². The first-order chi connectivity index (χ1) is 13.7. The number of methoxy groups -OCH3 is 1. The van der Waals surface area contributed by atoms with Crippen LogP contribution in [0.2, 0.25) is 0 Å². The molecule has 0 aromatic heterocycles. The van der Waals surface area contributed by atoms with Crippen LogP contribution in [-0.2, 0) is 19.1 Å². The molecule has 4 unspecified atom stereocenters. The highest BCUT2D eigenvalue weighted by Gasteiger charge is 2.58. The van der Waals surface area contributed by atoms with Crippen LogP contribution >= 0.6 is 0 Å².